The van der Waals surface area contributed by atoms with E-state index in [0.29, 0.717) is 0 Å². The molecule has 18 nitrogen and oxygen atoms in total. The monoisotopic (exact) mass is 416 g/mol. The Morgan fingerprint density at radius 1 is 0.464 bits per heavy atom. The van der Waals surface area contributed by atoms with Gasteiger partial charge in [-0.3, -0.25) is 9.80 Å². The summed E-state index contributed by atoms with van der Waals surface area (Å²) in [5.74, 6) is 0. The summed E-state index contributed by atoms with van der Waals surface area (Å²) in [6.07, 6.45) is 0. The molecule has 0 aliphatic carbocycles. The van der Waals surface area contributed by atoms with E-state index in [1.165, 1.54) is 0 Å². The van der Waals surface area contributed by atoms with E-state index < -0.39 is 20.3 Å². The molecule has 0 saturated heterocycles. The van der Waals surface area contributed by atoms with E-state index in [1.54, 1.807) is 9.80 Å². The van der Waals surface area contributed by atoms with Crippen molar-refractivity contribution in [1.29, 1.82) is 0 Å². The van der Waals surface area contributed by atoms with Crippen molar-refractivity contribution in [3.8, 4) is 0 Å². The van der Waals surface area contributed by atoms with Crippen LogP contribution in [0.4, 0.5) is 0 Å². The van der Waals surface area contributed by atoms with Crippen LogP contribution in [0.1, 0.15) is 0 Å². The van der Waals surface area contributed by atoms with E-state index in [0.717, 1.165) is 0 Å². The van der Waals surface area contributed by atoms with Crippen LogP contribution in [0.15, 0.2) is 0 Å². The molecule has 0 aromatic rings. The number of hydrogen-bond donors (Lipinski definition) is 0. The maximum Gasteiger partial charge on any atom is 0.294 e. The first kappa shape index (κ1) is 24.7. The summed E-state index contributed by atoms with van der Waals surface area (Å²) in [4.78, 5) is 60.7. The fourth-order valence-electron chi connectivity index (χ4n) is 1.93. The SMILES string of the molecule is O=[N+]([O-])OCCN(CCO[N+](=O)[O-])CCN(CCO[N+](=O)[O-])CCO[N+](=O)[O-]. The van der Waals surface area contributed by atoms with Crippen LogP contribution in [0, 0.1) is 40.5 Å². The summed E-state index contributed by atoms with van der Waals surface area (Å²) in [5.41, 5.74) is 0. The highest BCUT2D eigenvalue weighted by Gasteiger charge is 2.12. The molecule has 28 heavy (non-hydrogen) atoms. The summed E-state index contributed by atoms with van der Waals surface area (Å²) >= 11 is 0. The quantitative estimate of drug-likeness (QED) is 0.171. The van der Waals surface area contributed by atoms with Gasteiger partial charge in [-0.2, -0.15) is 0 Å². The molecule has 0 aliphatic rings. The van der Waals surface area contributed by atoms with Gasteiger partial charge in [0.25, 0.3) is 20.3 Å². The Balaban J connectivity index is 4.57. The topological polar surface area (TPSA) is 216 Å². The minimum atomic E-state index is -0.984. The Bertz CT molecular complexity index is 423. The highest BCUT2D eigenvalue weighted by atomic mass is 17.0. The van der Waals surface area contributed by atoms with Gasteiger partial charge in [0.2, 0.25) is 0 Å². The third kappa shape index (κ3) is 16.2. The third-order valence-corrected chi connectivity index (χ3v) is 3.15. The minimum Gasteiger partial charge on any atom is -0.313 e. The van der Waals surface area contributed by atoms with E-state index in [1.807, 2.05) is 0 Å². The molecule has 0 rings (SSSR count). The summed E-state index contributed by atoms with van der Waals surface area (Å²) < 4.78 is 0. The van der Waals surface area contributed by atoms with E-state index in [2.05, 4.69) is 19.4 Å². The first-order valence-corrected chi connectivity index (χ1v) is 7.74. The molecular weight excluding hydrogens is 396 g/mol. The molecule has 0 radical (unpaired) electrons. The lowest BCUT2D eigenvalue weighted by atomic mass is 10.4. The van der Waals surface area contributed by atoms with Crippen molar-refractivity contribution in [2.45, 2.75) is 0 Å². The van der Waals surface area contributed by atoms with Gasteiger partial charge in [-0.25, -0.2) is 0 Å². The summed E-state index contributed by atoms with van der Waals surface area (Å²) in [5, 5.41) is 36.9. The lowest BCUT2D eigenvalue weighted by Gasteiger charge is -2.26. The molecule has 0 saturated carbocycles. The van der Waals surface area contributed by atoms with E-state index in [4.69, 9.17) is 0 Å². The molecule has 0 spiro atoms. The van der Waals surface area contributed by atoms with Gasteiger partial charge >= 0.3 is 0 Å². The highest BCUT2D eigenvalue weighted by molar-refractivity contribution is 4.63. The van der Waals surface area contributed by atoms with Gasteiger partial charge < -0.3 is 19.4 Å². The van der Waals surface area contributed by atoms with Crippen LogP contribution in [0.5, 0.6) is 0 Å². The summed E-state index contributed by atoms with van der Waals surface area (Å²) in [6.45, 7) is -0.557. The van der Waals surface area contributed by atoms with Crippen molar-refractivity contribution < 1.29 is 39.7 Å². The Morgan fingerprint density at radius 3 is 0.857 bits per heavy atom. The van der Waals surface area contributed by atoms with Crippen molar-refractivity contribution in [2.75, 3.05) is 65.7 Å². The van der Waals surface area contributed by atoms with Crippen LogP contribution in [0.3, 0.4) is 0 Å². The van der Waals surface area contributed by atoms with Gasteiger partial charge in [0.1, 0.15) is 26.4 Å². The van der Waals surface area contributed by atoms with Crippen molar-refractivity contribution in [3.63, 3.8) is 0 Å². The molecule has 0 heterocycles. The molecule has 0 bridgehead atoms. The average molecular weight is 416 g/mol. The zero-order valence-corrected chi connectivity index (χ0v) is 14.7. The van der Waals surface area contributed by atoms with Crippen LogP contribution in [0.2, 0.25) is 0 Å². The summed E-state index contributed by atoms with van der Waals surface area (Å²) in [6, 6.07) is 0. The van der Waals surface area contributed by atoms with Crippen molar-refractivity contribution in [3.05, 3.63) is 40.5 Å². The zero-order chi connectivity index (χ0) is 21.4. The van der Waals surface area contributed by atoms with Crippen LogP contribution in [0.25, 0.3) is 0 Å². The maximum atomic E-state index is 10.2. The van der Waals surface area contributed by atoms with Gasteiger partial charge in [-0.1, -0.05) is 0 Å². The van der Waals surface area contributed by atoms with Crippen molar-refractivity contribution >= 4 is 0 Å². The Morgan fingerprint density at radius 2 is 0.679 bits per heavy atom. The Kier molecular flexibility index (Phi) is 13.1. The van der Waals surface area contributed by atoms with E-state index >= 15 is 0 Å². The number of nitrogens with zero attached hydrogens (tertiary/aromatic N) is 6. The second-order valence-electron chi connectivity index (χ2n) is 4.91. The number of hydrogen-bond acceptors (Lipinski definition) is 14. The lowest BCUT2D eigenvalue weighted by molar-refractivity contribution is -0.759. The first-order chi connectivity index (χ1) is 13.2. The normalized spacial score (nSPS) is 10.5. The molecule has 0 aromatic heterocycles. The fraction of sp³-hybridized carbons (Fsp3) is 1.00. The predicted octanol–water partition coefficient (Wildman–Crippen LogP) is -1.58. The lowest BCUT2D eigenvalue weighted by Crippen LogP contribution is -2.41. The molecule has 0 aromatic carbocycles. The standard InChI is InChI=1S/C10H20N6O12/c17-13(18)25-7-3-11(4-8-26-14(19)20)1-2-12(5-9-27-15(21)22)6-10-28-16(23)24/h1-10H2. The van der Waals surface area contributed by atoms with Crippen LogP contribution < -0.4 is 0 Å². The first-order valence-electron chi connectivity index (χ1n) is 7.74. The smallest absolute Gasteiger partial charge is 0.294 e. The third-order valence-electron chi connectivity index (χ3n) is 3.15. The zero-order valence-electron chi connectivity index (χ0n) is 14.7. The Labute approximate surface area is 156 Å². The van der Waals surface area contributed by atoms with Crippen molar-refractivity contribution in [2.24, 2.45) is 0 Å². The van der Waals surface area contributed by atoms with Crippen LogP contribution in [-0.4, -0.2) is 95.8 Å². The minimum absolute atomic E-state index is 0.0483. The van der Waals surface area contributed by atoms with Gasteiger partial charge in [0, 0.05) is 39.3 Å². The molecule has 0 N–H and O–H groups in total. The van der Waals surface area contributed by atoms with E-state index in [9.17, 15) is 40.5 Å². The molecule has 0 aliphatic heterocycles. The Hall–Kier alpha value is -3.28. The average Bonchev–Trinajstić information content (AvgIpc) is 2.57. The molecule has 0 fully saturated rings. The second-order valence-corrected chi connectivity index (χ2v) is 4.91. The van der Waals surface area contributed by atoms with E-state index in [-0.39, 0.29) is 65.7 Å². The van der Waals surface area contributed by atoms with Crippen molar-refractivity contribution in [1.82, 2.24) is 9.80 Å². The molecule has 0 unspecified atom stereocenters. The fourth-order valence-corrected chi connectivity index (χ4v) is 1.93. The van der Waals surface area contributed by atoms with Gasteiger partial charge in [0.05, 0.1) is 0 Å². The van der Waals surface area contributed by atoms with Gasteiger partial charge in [0.15, 0.2) is 0 Å². The number of rotatable bonds is 19. The van der Waals surface area contributed by atoms with Crippen LogP contribution in [-0.2, 0) is 19.4 Å². The van der Waals surface area contributed by atoms with Gasteiger partial charge in [-0.15, -0.1) is 40.5 Å². The molecule has 18 heteroatoms. The largest absolute Gasteiger partial charge is 0.313 e. The molecule has 162 valence electrons. The van der Waals surface area contributed by atoms with Gasteiger partial charge in [-0.05, 0) is 0 Å². The molecule has 0 atom stereocenters. The molecule has 0 amide bonds. The highest BCUT2D eigenvalue weighted by Crippen LogP contribution is 1.96. The predicted molar refractivity (Wildman–Crippen MR) is 84.7 cm³/mol. The second kappa shape index (κ2) is 14.8. The van der Waals surface area contributed by atoms with Crippen LogP contribution >= 0.6 is 0 Å². The molecular formula is C10H20N6O12. The summed E-state index contributed by atoms with van der Waals surface area (Å²) in [7, 11) is 0. The maximum absolute atomic E-state index is 10.2.